The lowest BCUT2D eigenvalue weighted by molar-refractivity contribution is -0.127. The molecule has 28 heavy (non-hydrogen) atoms. The largest absolute Gasteiger partial charge is 0.467 e. The molecule has 0 aliphatic carbocycles. The molecule has 1 aromatic carbocycles. The van der Waals surface area contributed by atoms with Gasteiger partial charge in [-0.25, -0.2) is 0 Å². The van der Waals surface area contributed by atoms with Gasteiger partial charge in [-0.05, 0) is 50.6 Å². The molecule has 146 valence electrons. The molecule has 1 amide bonds. The summed E-state index contributed by atoms with van der Waals surface area (Å²) in [7, 11) is 0. The van der Waals surface area contributed by atoms with Crippen LogP contribution in [0.5, 0.6) is 0 Å². The highest BCUT2D eigenvalue weighted by Crippen LogP contribution is 2.21. The molecule has 7 nitrogen and oxygen atoms in total. The average molecular weight is 380 g/mol. The van der Waals surface area contributed by atoms with E-state index in [1.54, 1.807) is 6.26 Å². The molecule has 0 bridgehead atoms. The predicted molar refractivity (Wildman–Crippen MR) is 103 cm³/mol. The fourth-order valence-corrected chi connectivity index (χ4v) is 3.48. The van der Waals surface area contributed by atoms with E-state index in [9.17, 15) is 4.79 Å². The molecule has 1 aliphatic rings. The normalized spacial score (nSPS) is 17.5. The van der Waals surface area contributed by atoms with Crippen molar-refractivity contribution in [1.29, 1.82) is 0 Å². The molecule has 1 unspecified atom stereocenters. The highest BCUT2D eigenvalue weighted by atomic mass is 16.5. The summed E-state index contributed by atoms with van der Waals surface area (Å²) in [6.07, 6.45) is 3.47. The van der Waals surface area contributed by atoms with Crippen LogP contribution in [0.15, 0.2) is 51.6 Å². The van der Waals surface area contributed by atoms with Gasteiger partial charge in [0.2, 0.25) is 5.91 Å². The third kappa shape index (κ3) is 4.48. The van der Waals surface area contributed by atoms with Crippen molar-refractivity contribution in [3.63, 3.8) is 0 Å². The minimum absolute atomic E-state index is 0.0350. The van der Waals surface area contributed by atoms with E-state index in [4.69, 9.17) is 8.94 Å². The second-order valence-corrected chi connectivity index (χ2v) is 7.25. The first kappa shape index (κ1) is 18.4. The van der Waals surface area contributed by atoms with Gasteiger partial charge in [-0.15, -0.1) is 0 Å². The van der Waals surface area contributed by atoms with Crippen molar-refractivity contribution in [3.8, 4) is 11.5 Å². The molecule has 0 radical (unpaired) electrons. The fraction of sp³-hybridized carbons (Fsp3) is 0.381. The van der Waals surface area contributed by atoms with Crippen LogP contribution in [0.1, 0.15) is 30.0 Å². The van der Waals surface area contributed by atoms with E-state index in [0.717, 1.165) is 30.7 Å². The molecule has 0 spiro atoms. The molecule has 1 atom stereocenters. The summed E-state index contributed by atoms with van der Waals surface area (Å²) in [5.74, 6) is 1.96. The third-order valence-corrected chi connectivity index (χ3v) is 5.02. The van der Waals surface area contributed by atoms with Gasteiger partial charge in [0.25, 0.3) is 5.89 Å². The lowest BCUT2D eigenvalue weighted by Crippen LogP contribution is -2.42. The predicted octanol–water partition coefficient (Wildman–Crippen LogP) is 3.17. The molecule has 3 heterocycles. The van der Waals surface area contributed by atoms with E-state index in [2.05, 4.69) is 20.4 Å². The quantitative estimate of drug-likeness (QED) is 0.707. The van der Waals surface area contributed by atoms with E-state index in [1.807, 2.05) is 43.3 Å². The molecule has 3 aromatic rings. The number of rotatable bonds is 6. The molecule has 2 aromatic heterocycles. The zero-order valence-corrected chi connectivity index (χ0v) is 15.9. The van der Waals surface area contributed by atoms with Gasteiger partial charge in [-0.1, -0.05) is 22.9 Å². The summed E-state index contributed by atoms with van der Waals surface area (Å²) in [4.78, 5) is 19.2. The van der Waals surface area contributed by atoms with Crippen LogP contribution >= 0.6 is 0 Å². The van der Waals surface area contributed by atoms with Crippen molar-refractivity contribution < 1.29 is 13.7 Å². The number of hydrogen-bond donors (Lipinski definition) is 1. The fourth-order valence-electron chi connectivity index (χ4n) is 3.48. The van der Waals surface area contributed by atoms with Crippen molar-refractivity contribution in [2.45, 2.75) is 32.9 Å². The topological polar surface area (TPSA) is 84.4 Å². The van der Waals surface area contributed by atoms with Crippen LogP contribution in [0.25, 0.3) is 11.5 Å². The Bertz CT molecular complexity index is 902. The van der Waals surface area contributed by atoms with Gasteiger partial charge in [0.1, 0.15) is 5.76 Å². The number of nitrogens with one attached hydrogen (secondary N) is 1. The first-order valence-corrected chi connectivity index (χ1v) is 9.59. The number of amides is 1. The van der Waals surface area contributed by atoms with Gasteiger partial charge in [0.15, 0.2) is 5.82 Å². The Morgan fingerprint density at radius 2 is 2.14 bits per heavy atom. The minimum atomic E-state index is -0.0350. The van der Waals surface area contributed by atoms with Crippen LogP contribution in [0.4, 0.5) is 0 Å². The number of piperidine rings is 1. The number of hydrogen-bond acceptors (Lipinski definition) is 6. The van der Waals surface area contributed by atoms with Crippen molar-refractivity contribution in [1.82, 2.24) is 20.4 Å². The highest BCUT2D eigenvalue weighted by Gasteiger charge is 2.26. The lowest BCUT2D eigenvalue weighted by atomic mass is 9.97. The maximum Gasteiger partial charge on any atom is 0.257 e. The Morgan fingerprint density at radius 1 is 1.29 bits per heavy atom. The van der Waals surface area contributed by atoms with Gasteiger partial charge >= 0.3 is 0 Å². The molecule has 7 heteroatoms. The smallest absolute Gasteiger partial charge is 0.257 e. The summed E-state index contributed by atoms with van der Waals surface area (Å²) in [6, 6.07) is 11.7. The van der Waals surface area contributed by atoms with Crippen LogP contribution in [0.2, 0.25) is 0 Å². The van der Waals surface area contributed by atoms with E-state index >= 15 is 0 Å². The number of carbonyl (C=O) groups excluding carboxylic acids is 1. The van der Waals surface area contributed by atoms with Gasteiger partial charge in [-0.3, -0.25) is 9.69 Å². The van der Waals surface area contributed by atoms with Crippen LogP contribution in [-0.4, -0.2) is 34.0 Å². The van der Waals surface area contributed by atoms with Gasteiger partial charge < -0.3 is 14.3 Å². The standard InChI is InChI=1S/C21H24N4O3/c1-15-6-8-16(9-7-15)21-23-19(24-28-21)14-25-10-2-4-17(13-25)20(26)22-12-18-5-3-11-27-18/h3,5-9,11,17H,2,4,10,12-14H2,1H3,(H,22,26). The first-order chi connectivity index (χ1) is 13.7. The van der Waals surface area contributed by atoms with E-state index in [0.29, 0.717) is 31.3 Å². The maximum atomic E-state index is 12.5. The molecule has 4 rings (SSSR count). The van der Waals surface area contributed by atoms with Crippen molar-refractivity contribution in [3.05, 3.63) is 59.8 Å². The zero-order chi connectivity index (χ0) is 19.3. The minimum Gasteiger partial charge on any atom is -0.467 e. The monoisotopic (exact) mass is 380 g/mol. The molecule has 1 saturated heterocycles. The summed E-state index contributed by atoms with van der Waals surface area (Å²) in [5.41, 5.74) is 2.10. The van der Waals surface area contributed by atoms with E-state index in [1.165, 1.54) is 5.56 Å². The Kier molecular flexibility index (Phi) is 5.53. The number of benzene rings is 1. The van der Waals surface area contributed by atoms with Crippen molar-refractivity contribution >= 4 is 5.91 Å². The number of likely N-dealkylation sites (tertiary alicyclic amines) is 1. The Morgan fingerprint density at radius 3 is 2.93 bits per heavy atom. The van der Waals surface area contributed by atoms with Gasteiger partial charge in [0.05, 0.1) is 25.3 Å². The summed E-state index contributed by atoms with van der Waals surface area (Å²) < 4.78 is 10.7. The van der Waals surface area contributed by atoms with Gasteiger partial charge in [0, 0.05) is 12.1 Å². The van der Waals surface area contributed by atoms with E-state index in [-0.39, 0.29) is 11.8 Å². The van der Waals surface area contributed by atoms with Gasteiger partial charge in [-0.2, -0.15) is 4.98 Å². The Balaban J connectivity index is 1.32. The molecule has 1 aliphatic heterocycles. The highest BCUT2D eigenvalue weighted by molar-refractivity contribution is 5.78. The molecular weight excluding hydrogens is 356 g/mol. The number of aryl methyl sites for hydroxylation is 1. The molecular formula is C21H24N4O3. The lowest BCUT2D eigenvalue weighted by Gasteiger charge is -2.30. The van der Waals surface area contributed by atoms with Crippen molar-refractivity contribution in [2.75, 3.05) is 13.1 Å². The first-order valence-electron chi connectivity index (χ1n) is 9.59. The summed E-state index contributed by atoms with van der Waals surface area (Å²) >= 11 is 0. The second kappa shape index (κ2) is 8.39. The molecule has 0 saturated carbocycles. The van der Waals surface area contributed by atoms with Crippen LogP contribution in [-0.2, 0) is 17.9 Å². The maximum absolute atomic E-state index is 12.5. The molecule has 1 fully saturated rings. The number of nitrogens with zero attached hydrogens (tertiary/aromatic N) is 3. The third-order valence-electron chi connectivity index (χ3n) is 5.02. The van der Waals surface area contributed by atoms with Crippen LogP contribution < -0.4 is 5.32 Å². The van der Waals surface area contributed by atoms with Crippen molar-refractivity contribution in [2.24, 2.45) is 5.92 Å². The summed E-state index contributed by atoms with van der Waals surface area (Å²) in [6.45, 7) is 4.67. The number of furan rings is 1. The number of carbonyl (C=O) groups is 1. The summed E-state index contributed by atoms with van der Waals surface area (Å²) in [5, 5.41) is 7.07. The molecule has 1 N–H and O–H groups in total. The van der Waals surface area contributed by atoms with Crippen LogP contribution in [0.3, 0.4) is 0 Å². The second-order valence-electron chi connectivity index (χ2n) is 7.25. The zero-order valence-electron chi connectivity index (χ0n) is 15.9. The Labute approximate surface area is 163 Å². The number of aromatic nitrogens is 2. The van der Waals surface area contributed by atoms with E-state index < -0.39 is 0 Å². The van der Waals surface area contributed by atoms with Crippen LogP contribution in [0, 0.1) is 12.8 Å². The average Bonchev–Trinajstić information content (AvgIpc) is 3.39. The Hall–Kier alpha value is -2.93. The SMILES string of the molecule is Cc1ccc(-c2nc(CN3CCCC(C(=O)NCc4ccco4)C3)no2)cc1.